The molecule has 0 amide bonds. The molecule has 0 saturated carbocycles. The van der Waals surface area contributed by atoms with Crippen LogP contribution in [0.2, 0.25) is 0 Å². The van der Waals surface area contributed by atoms with Gasteiger partial charge in [0.1, 0.15) is 5.75 Å². The molecule has 1 aromatic heterocycles. The van der Waals surface area contributed by atoms with Crippen LogP contribution in [0, 0.1) is 0 Å². The molecule has 3 rings (SSSR count). The number of nitrogens with zero attached hydrogens (tertiary/aromatic N) is 2. The molecular formula is C24H30N2O. The Labute approximate surface area is 162 Å². The molecule has 1 heterocycles. The van der Waals surface area contributed by atoms with Gasteiger partial charge in [0.15, 0.2) is 5.82 Å². The van der Waals surface area contributed by atoms with Crippen LogP contribution >= 0.6 is 0 Å². The molecule has 0 aliphatic carbocycles. The molecule has 2 aromatic carbocycles. The minimum Gasteiger partial charge on any atom is -0.508 e. The normalized spacial score (nSPS) is 11.1. The number of fused-ring (bicyclic) bond motifs is 1. The molecule has 3 nitrogen and oxygen atoms in total. The van der Waals surface area contributed by atoms with Gasteiger partial charge in [-0.25, -0.2) is 9.97 Å². The molecule has 1 N–H and O–H groups in total. The highest BCUT2D eigenvalue weighted by atomic mass is 16.3. The van der Waals surface area contributed by atoms with Gasteiger partial charge in [0.25, 0.3) is 0 Å². The van der Waals surface area contributed by atoms with Crippen LogP contribution < -0.4 is 0 Å². The second-order valence-electron chi connectivity index (χ2n) is 7.39. The van der Waals surface area contributed by atoms with E-state index >= 15 is 0 Å². The van der Waals surface area contributed by atoms with Crippen molar-refractivity contribution in [3.05, 3.63) is 54.4 Å². The summed E-state index contributed by atoms with van der Waals surface area (Å²) in [4.78, 5) is 9.12. The largest absolute Gasteiger partial charge is 0.508 e. The van der Waals surface area contributed by atoms with Crippen molar-refractivity contribution in [2.45, 2.75) is 64.7 Å². The number of aromatic hydroxyl groups is 1. The smallest absolute Gasteiger partial charge is 0.159 e. The lowest BCUT2D eigenvalue weighted by molar-refractivity contribution is 0.476. The zero-order chi connectivity index (χ0) is 18.9. The van der Waals surface area contributed by atoms with Crippen LogP contribution in [-0.2, 0) is 6.42 Å². The first-order valence-corrected chi connectivity index (χ1v) is 10.3. The number of phenols is 1. The monoisotopic (exact) mass is 362 g/mol. The summed E-state index contributed by atoms with van der Waals surface area (Å²) in [6.07, 6.45) is 15.7. The lowest BCUT2D eigenvalue weighted by Crippen LogP contribution is -1.93. The summed E-state index contributed by atoms with van der Waals surface area (Å²) in [6.45, 7) is 2.26. The molecular weight excluding hydrogens is 332 g/mol. The fourth-order valence-corrected chi connectivity index (χ4v) is 3.47. The maximum absolute atomic E-state index is 9.58. The average molecular weight is 363 g/mol. The minimum atomic E-state index is 0.289. The van der Waals surface area contributed by atoms with E-state index in [9.17, 15) is 5.11 Å². The first-order chi connectivity index (χ1) is 13.3. The molecule has 142 valence electrons. The number of aromatic nitrogens is 2. The Morgan fingerprint density at radius 2 is 1.37 bits per heavy atom. The quantitative estimate of drug-likeness (QED) is 0.409. The van der Waals surface area contributed by atoms with Crippen molar-refractivity contribution >= 4 is 10.8 Å². The second kappa shape index (κ2) is 10.1. The van der Waals surface area contributed by atoms with E-state index in [4.69, 9.17) is 0 Å². The lowest BCUT2D eigenvalue weighted by atomic mass is 10.1. The summed E-state index contributed by atoms with van der Waals surface area (Å²) >= 11 is 0. The molecule has 3 heteroatoms. The molecule has 0 aliphatic rings. The summed E-state index contributed by atoms with van der Waals surface area (Å²) in [7, 11) is 0. The van der Waals surface area contributed by atoms with Gasteiger partial charge in [-0.2, -0.15) is 0 Å². The van der Waals surface area contributed by atoms with Crippen molar-refractivity contribution in [1.82, 2.24) is 9.97 Å². The number of hydrogen-bond acceptors (Lipinski definition) is 3. The molecule has 0 saturated heterocycles. The number of hydrogen-bond donors (Lipinski definition) is 1. The van der Waals surface area contributed by atoms with Gasteiger partial charge in [0.05, 0.1) is 0 Å². The van der Waals surface area contributed by atoms with Gasteiger partial charge in [-0.1, -0.05) is 70.1 Å². The van der Waals surface area contributed by atoms with Gasteiger partial charge < -0.3 is 5.11 Å². The summed E-state index contributed by atoms with van der Waals surface area (Å²) in [5, 5.41) is 11.7. The van der Waals surface area contributed by atoms with Gasteiger partial charge >= 0.3 is 0 Å². The molecule has 0 aliphatic heterocycles. The van der Waals surface area contributed by atoms with Crippen LogP contribution in [0.4, 0.5) is 0 Å². The summed E-state index contributed by atoms with van der Waals surface area (Å²) in [6, 6.07) is 11.5. The van der Waals surface area contributed by atoms with E-state index in [0.29, 0.717) is 0 Å². The second-order valence-corrected chi connectivity index (χ2v) is 7.39. The highest BCUT2D eigenvalue weighted by Gasteiger charge is 2.04. The zero-order valence-corrected chi connectivity index (χ0v) is 16.3. The third kappa shape index (κ3) is 5.78. The first-order valence-electron chi connectivity index (χ1n) is 10.3. The zero-order valence-electron chi connectivity index (χ0n) is 16.3. The lowest BCUT2D eigenvalue weighted by Gasteiger charge is -2.05. The Bertz CT molecular complexity index is 843. The SMILES string of the molecule is CCCCCCCCCCc1cnc(-c2ccc3cc(O)ccc3c2)nc1. The molecule has 0 fully saturated rings. The Morgan fingerprint density at radius 3 is 2.11 bits per heavy atom. The van der Waals surface area contributed by atoms with Crippen LogP contribution in [-0.4, -0.2) is 15.1 Å². The van der Waals surface area contributed by atoms with E-state index < -0.39 is 0 Å². The number of rotatable bonds is 10. The van der Waals surface area contributed by atoms with Gasteiger partial charge in [-0.3, -0.25) is 0 Å². The Kier molecular flexibility index (Phi) is 7.20. The summed E-state index contributed by atoms with van der Waals surface area (Å²) in [5.74, 6) is 1.04. The Hall–Kier alpha value is -2.42. The predicted octanol–water partition coefficient (Wildman–Crippen LogP) is 6.69. The first kappa shape index (κ1) is 19.3. The van der Waals surface area contributed by atoms with E-state index in [-0.39, 0.29) is 5.75 Å². The van der Waals surface area contributed by atoms with Gasteiger partial charge in [-0.15, -0.1) is 0 Å². The Balaban J connectivity index is 1.49. The van der Waals surface area contributed by atoms with Crippen molar-refractivity contribution in [1.29, 1.82) is 0 Å². The highest BCUT2D eigenvalue weighted by molar-refractivity contribution is 5.87. The third-order valence-electron chi connectivity index (χ3n) is 5.11. The molecule has 0 radical (unpaired) electrons. The van der Waals surface area contributed by atoms with Crippen LogP contribution in [0.15, 0.2) is 48.8 Å². The molecule has 3 aromatic rings. The standard InChI is InChI=1S/C24H30N2O/c1-2-3-4-5-6-7-8-9-10-19-17-25-24(26-18-19)22-12-11-21-16-23(27)14-13-20(21)15-22/h11-18,27H,2-10H2,1H3. The molecule has 0 unspecified atom stereocenters. The molecule has 27 heavy (non-hydrogen) atoms. The van der Waals surface area contributed by atoms with E-state index in [2.05, 4.69) is 23.0 Å². The van der Waals surface area contributed by atoms with E-state index in [1.807, 2.05) is 30.6 Å². The van der Waals surface area contributed by atoms with E-state index in [1.165, 1.54) is 56.9 Å². The number of benzene rings is 2. The Morgan fingerprint density at radius 1 is 0.741 bits per heavy atom. The average Bonchev–Trinajstić information content (AvgIpc) is 2.70. The maximum Gasteiger partial charge on any atom is 0.159 e. The minimum absolute atomic E-state index is 0.289. The van der Waals surface area contributed by atoms with Gasteiger partial charge in [-0.05, 0) is 47.4 Å². The fourth-order valence-electron chi connectivity index (χ4n) is 3.47. The fraction of sp³-hybridized carbons (Fsp3) is 0.417. The van der Waals surface area contributed by atoms with Crippen LogP contribution in [0.3, 0.4) is 0 Å². The van der Waals surface area contributed by atoms with Crippen molar-refractivity contribution < 1.29 is 5.11 Å². The van der Waals surface area contributed by atoms with Gasteiger partial charge in [0.2, 0.25) is 0 Å². The molecule has 0 spiro atoms. The van der Waals surface area contributed by atoms with Gasteiger partial charge in [0, 0.05) is 18.0 Å². The van der Waals surface area contributed by atoms with Crippen LogP contribution in [0.25, 0.3) is 22.2 Å². The van der Waals surface area contributed by atoms with Crippen molar-refractivity contribution in [2.75, 3.05) is 0 Å². The maximum atomic E-state index is 9.58. The number of unbranched alkanes of at least 4 members (excludes halogenated alkanes) is 7. The number of phenolic OH excluding ortho intramolecular Hbond substituents is 1. The molecule has 0 atom stereocenters. The van der Waals surface area contributed by atoms with E-state index in [1.54, 1.807) is 12.1 Å². The van der Waals surface area contributed by atoms with E-state index in [0.717, 1.165) is 28.6 Å². The van der Waals surface area contributed by atoms with Crippen LogP contribution in [0.1, 0.15) is 63.9 Å². The number of aryl methyl sites for hydroxylation is 1. The summed E-state index contributed by atoms with van der Waals surface area (Å²) < 4.78 is 0. The highest BCUT2D eigenvalue weighted by Crippen LogP contribution is 2.25. The van der Waals surface area contributed by atoms with Crippen molar-refractivity contribution in [2.24, 2.45) is 0 Å². The summed E-state index contributed by atoms with van der Waals surface area (Å²) in [5.41, 5.74) is 2.22. The third-order valence-corrected chi connectivity index (χ3v) is 5.11. The van der Waals surface area contributed by atoms with Crippen LogP contribution in [0.5, 0.6) is 5.75 Å². The topological polar surface area (TPSA) is 46.0 Å². The van der Waals surface area contributed by atoms with Crippen molar-refractivity contribution in [3.63, 3.8) is 0 Å². The molecule has 0 bridgehead atoms. The van der Waals surface area contributed by atoms with Crippen molar-refractivity contribution in [3.8, 4) is 17.1 Å². The predicted molar refractivity (Wildman–Crippen MR) is 113 cm³/mol.